The highest BCUT2D eigenvalue weighted by atomic mass is 35.5. The molecule has 178 valence electrons. The standard InChI is InChI=1S/C22H16ClF3N2O5S/c23-17-10-7-14(11-16(17)22(24,25)26)28-34(30,31)15-8-5-13(6-9-15)27-21(29)20-12-32-18-3-1-2-4-19(18)33-20/h1-11,20,28H,12H2,(H,27,29)/t20-/m1/s1. The number of hydrogen-bond acceptors (Lipinski definition) is 5. The quantitative estimate of drug-likeness (QED) is 0.505. The molecular formula is C22H16ClF3N2O5S. The summed E-state index contributed by atoms with van der Waals surface area (Å²) < 4.78 is 77.5. The van der Waals surface area contributed by atoms with Gasteiger partial charge < -0.3 is 14.8 Å². The van der Waals surface area contributed by atoms with Crippen LogP contribution in [-0.2, 0) is 21.0 Å². The maximum Gasteiger partial charge on any atom is 0.417 e. The summed E-state index contributed by atoms with van der Waals surface area (Å²) in [6.07, 6.45) is -5.65. The third-order valence-corrected chi connectivity index (χ3v) is 6.48. The van der Waals surface area contributed by atoms with Gasteiger partial charge in [-0.3, -0.25) is 9.52 Å². The lowest BCUT2D eigenvalue weighted by Gasteiger charge is -2.25. The number of anilines is 2. The average molecular weight is 513 g/mol. The van der Waals surface area contributed by atoms with Crippen LogP contribution in [0.5, 0.6) is 11.5 Å². The van der Waals surface area contributed by atoms with Crippen LogP contribution in [0.15, 0.2) is 71.6 Å². The van der Waals surface area contributed by atoms with Crippen LogP contribution in [0.1, 0.15) is 5.56 Å². The molecule has 1 amide bonds. The number of ether oxygens (including phenoxy) is 2. The second-order valence-electron chi connectivity index (χ2n) is 7.18. The van der Waals surface area contributed by atoms with Gasteiger partial charge in [-0.25, -0.2) is 8.42 Å². The first-order valence-corrected chi connectivity index (χ1v) is 11.6. The van der Waals surface area contributed by atoms with Crippen molar-refractivity contribution in [3.05, 3.63) is 77.3 Å². The molecule has 1 atom stereocenters. The van der Waals surface area contributed by atoms with E-state index in [2.05, 4.69) is 10.0 Å². The normalized spacial score (nSPS) is 15.5. The number of para-hydroxylation sites is 2. The fourth-order valence-electron chi connectivity index (χ4n) is 3.11. The lowest BCUT2D eigenvalue weighted by atomic mass is 10.2. The van der Waals surface area contributed by atoms with E-state index in [0.717, 1.165) is 12.1 Å². The Balaban J connectivity index is 1.43. The third-order valence-electron chi connectivity index (χ3n) is 4.76. The zero-order valence-corrected chi connectivity index (χ0v) is 18.7. The summed E-state index contributed by atoms with van der Waals surface area (Å²) in [5.41, 5.74) is -1.18. The van der Waals surface area contributed by atoms with E-state index in [0.29, 0.717) is 17.6 Å². The minimum Gasteiger partial charge on any atom is -0.485 e. The summed E-state index contributed by atoms with van der Waals surface area (Å²) in [6.45, 7) is 0.000234. The van der Waals surface area contributed by atoms with Crippen molar-refractivity contribution in [1.29, 1.82) is 0 Å². The third kappa shape index (κ3) is 5.20. The average Bonchev–Trinajstić information content (AvgIpc) is 2.79. The van der Waals surface area contributed by atoms with Gasteiger partial charge in [0.1, 0.15) is 6.61 Å². The van der Waals surface area contributed by atoms with Gasteiger partial charge in [0, 0.05) is 11.4 Å². The Kier molecular flexibility index (Phi) is 6.32. The van der Waals surface area contributed by atoms with Crippen molar-refractivity contribution >= 4 is 38.9 Å². The van der Waals surface area contributed by atoms with E-state index in [1.165, 1.54) is 24.3 Å². The molecule has 0 spiro atoms. The zero-order chi connectivity index (χ0) is 24.5. The highest BCUT2D eigenvalue weighted by Crippen LogP contribution is 2.36. The largest absolute Gasteiger partial charge is 0.485 e. The predicted molar refractivity (Wildman–Crippen MR) is 119 cm³/mol. The first kappa shape index (κ1) is 23.7. The zero-order valence-electron chi connectivity index (χ0n) is 17.1. The number of alkyl halides is 3. The minimum atomic E-state index is -4.74. The fraction of sp³-hybridized carbons (Fsp3) is 0.136. The highest BCUT2D eigenvalue weighted by Gasteiger charge is 2.34. The van der Waals surface area contributed by atoms with E-state index in [1.807, 2.05) is 0 Å². The summed E-state index contributed by atoms with van der Waals surface area (Å²) in [5.74, 6) is 0.457. The van der Waals surface area contributed by atoms with Gasteiger partial charge in [0.05, 0.1) is 15.5 Å². The molecule has 34 heavy (non-hydrogen) atoms. The molecular weight excluding hydrogens is 497 g/mol. The number of halogens is 4. The van der Waals surface area contributed by atoms with E-state index in [-0.39, 0.29) is 22.9 Å². The van der Waals surface area contributed by atoms with E-state index in [1.54, 1.807) is 24.3 Å². The number of rotatable bonds is 5. The molecule has 0 saturated carbocycles. The molecule has 1 heterocycles. The first-order valence-electron chi connectivity index (χ1n) is 9.72. The smallest absolute Gasteiger partial charge is 0.417 e. The van der Waals surface area contributed by atoms with E-state index >= 15 is 0 Å². The lowest BCUT2D eigenvalue weighted by molar-refractivity contribution is -0.137. The van der Waals surface area contributed by atoms with Crippen LogP contribution >= 0.6 is 11.6 Å². The second kappa shape index (κ2) is 9.07. The number of fused-ring (bicyclic) bond motifs is 1. The molecule has 0 bridgehead atoms. The van der Waals surface area contributed by atoms with Crippen LogP contribution in [0.4, 0.5) is 24.5 Å². The first-order chi connectivity index (χ1) is 16.0. The van der Waals surface area contributed by atoms with Gasteiger partial charge in [-0.05, 0) is 54.6 Å². The van der Waals surface area contributed by atoms with Crippen molar-refractivity contribution in [3.8, 4) is 11.5 Å². The molecule has 0 saturated heterocycles. The molecule has 3 aromatic rings. The maximum atomic E-state index is 13.0. The van der Waals surface area contributed by atoms with Crippen LogP contribution in [-0.4, -0.2) is 27.0 Å². The maximum absolute atomic E-state index is 13.0. The molecule has 2 N–H and O–H groups in total. The molecule has 7 nitrogen and oxygen atoms in total. The number of carbonyl (C=O) groups excluding carboxylic acids is 1. The number of hydrogen-bond donors (Lipinski definition) is 2. The van der Waals surface area contributed by atoms with Crippen LogP contribution in [0, 0.1) is 0 Å². The Hall–Kier alpha value is -3.44. The van der Waals surface area contributed by atoms with Gasteiger partial charge in [-0.15, -0.1) is 0 Å². The van der Waals surface area contributed by atoms with Gasteiger partial charge in [-0.1, -0.05) is 23.7 Å². The van der Waals surface area contributed by atoms with Gasteiger partial charge >= 0.3 is 6.18 Å². The van der Waals surface area contributed by atoms with E-state index < -0.39 is 38.8 Å². The van der Waals surface area contributed by atoms with Crippen molar-refractivity contribution in [2.24, 2.45) is 0 Å². The Morgan fingerprint density at radius 1 is 0.971 bits per heavy atom. The number of benzene rings is 3. The van der Waals surface area contributed by atoms with E-state index in [4.69, 9.17) is 21.1 Å². The predicted octanol–water partition coefficient (Wildman–Crippen LogP) is 4.94. The van der Waals surface area contributed by atoms with Crippen molar-refractivity contribution in [1.82, 2.24) is 0 Å². The molecule has 0 radical (unpaired) electrons. The van der Waals surface area contributed by atoms with Crippen molar-refractivity contribution in [2.45, 2.75) is 17.2 Å². The van der Waals surface area contributed by atoms with Gasteiger partial charge in [0.15, 0.2) is 11.5 Å². The van der Waals surface area contributed by atoms with Crippen molar-refractivity contribution in [3.63, 3.8) is 0 Å². The van der Waals surface area contributed by atoms with Crippen molar-refractivity contribution in [2.75, 3.05) is 16.6 Å². The summed E-state index contributed by atoms with van der Waals surface area (Å²) in [5, 5.41) is 2.05. The van der Waals surface area contributed by atoms with Crippen LogP contribution in [0.25, 0.3) is 0 Å². The lowest BCUT2D eigenvalue weighted by Crippen LogP contribution is -2.40. The molecule has 0 unspecified atom stereocenters. The molecule has 4 rings (SSSR count). The molecule has 0 aromatic heterocycles. The minimum absolute atomic E-state index is 0.000234. The Labute approximate surface area is 197 Å². The second-order valence-corrected chi connectivity index (χ2v) is 9.27. The van der Waals surface area contributed by atoms with Crippen LogP contribution < -0.4 is 19.5 Å². The van der Waals surface area contributed by atoms with E-state index in [9.17, 15) is 26.4 Å². The molecule has 3 aromatic carbocycles. The number of amides is 1. The topological polar surface area (TPSA) is 93.7 Å². The van der Waals surface area contributed by atoms with Gasteiger partial charge in [0.2, 0.25) is 6.10 Å². The number of sulfonamides is 1. The van der Waals surface area contributed by atoms with Crippen LogP contribution in [0.3, 0.4) is 0 Å². The molecule has 0 aliphatic carbocycles. The fourth-order valence-corrected chi connectivity index (χ4v) is 4.38. The number of carbonyl (C=O) groups is 1. The molecule has 1 aliphatic heterocycles. The molecule has 12 heteroatoms. The number of nitrogens with one attached hydrogen (secondary N) is 2. The monoisotopic (exact) mass is 512 g/mol. The summed E-state index contributed by atoms with van der Waals surface area (Å²) in [6, 6.07) is 14.7. The Bertz CT molecular complexity index is 1330. The summed E-state index contributed by atoms with van der Waals surface area (Å²) in [4.78, 5) is 12.3. The van der Waals surface area contributed by atoms with Gasteiger partial charge in [-0.2, -0.15) is 13.2 Å². The van der Waals surface area contributed by atoms with Crippen molar-refractivity contribution < 1.29 is 35.9 Å². The van der Waals surface area contributed by atoms with Crippen LogP contribution in [0.2, 0.25) is 5.02 Å². The van der Waals surface area contributed by atoms with Gasteiger partial charge in [0.25, 0.3) is 15.9 Å². The SMILES string of the molecule is O=C(Nc1ccc(S(=O)(=O)Nc2ccc(Cl)c(C(F)(F)F)c2)cc1)[C@H]1COc2ccccc2O1. The summed E-state index contributed by atoms with van der Waals surface area (Å²) in [7, 11) is -4.21. The summed E-state index contributed by atoms with van der Waals surface area (Å²) >= 11 is 5.56. The molecule has 0 fully saturated rings. The highest BCUT2D eigenvalue weighted by molar-refractivity contribution is 7.92. The Morgan fingerprint density at radius 2 is 1.62 bits per heavy atom. The molecule has 1 aliphatic rings. The Morgan fingerprint density at radius 3 is 2.29 bits per heavy atom.